The van der Waals surface area contributed by atoms with Crippen LogP contribution in [0.2, 0.25) is 0 Å². The number of amides is 2. The first kappa shape index (κ1) is 13.9. The molecule has 0 aliphatic carbocycles. The van der Waals surface area contributed by atoms with E-state index in [1.807, 2.05) is 0 Å². The predicted octanol–water partition coefficient (Wildman–Crippen LogP) is 1.62. The number of hydrogen-bond acceptors (Lipinski definition) is 4. The van der Waals surface area contributed by atoms with Crippen molar-refractivity contribution in [3.05, 3.63) is 45.6 Å². The molecule has 0 unspecified atom stereocenters. The van der Waals surface area contributed by atoms with Gasteiger partial charge in [0.2, 0.25) is 0 Å². The molecule has 1 aromatic carbocycles. The Bertz CT molecular complexity index is 814. The van der Waals surface area contributed by atoms with E-state index in [1.165, 1.54) is 10.9 Å². The van der Waals surface area contributed by atoms with Gasteiger partial charge >= 0.3 is 0 Å². The van der Waals surface area contributed by atoms with Gasteiger partial charge < -0.3 is 5.73 Å². The lowest BCUT2D eigenvalue weighted by Crippen LogP contribution is -2.33. The smallest absolute Gasteiger partial charge is 0.267 e. The van der Waals surface area contributed by atoms with Crippen LogP contribution in [0.5, 0.6) is 0 Å². The first-order valence-electron chi connectivity index (χ1n) is 5.92. The summed E-state index contributed by atoms with van der Waals surface area (Å²) in [6.45, 7) is 0. The number of nitrogens with zero attached hydrogens (tertiary/aromatic N) is 3. The molecule has 2 aromatic rings. The summed E-state index contributed by atoms with van der Waals surface area (Å²) in [5, 5.41) is 4.03. The summed E-state index contributed by atoms with van der Waals surface area (Å²) in [4.78, 5) is 26.2. The van der Waals surface area contributed by atoms with Crippen LogP contribution in [-0.4, -0.2) is 26.6 Å². The van der Waals surface area contributed by atoms with Crippen LogP contribution in [0.25, 0.3) is 0 Å². The number of rotatable bonds is 2. The van der Waals surface area contributed by atoms with E-state index >= 15 is 0 Å². The Morgan fingerprint density at radius 2 is 1.95 bits per heavy atom. The van der Waals surface area contributed by atoms with E-state index < -0.39 is 11.8 Å². The Morgan fingerprint density at radius 1 is 1.29 bits per heavy atom. The van der Waals surface area contributed by atoms with E-state index in [2.05, 4.69) is 21.0 Å². The second-order valence-electron chi connectivity index (χ2n) is 4.51. The van der Waals surface area contributed by atoms with Crippen molar-refractivity contribution in [1.29, 1.82) is 0 Å². The molecule has 21 heavy (non-hydrogen) atoms. The zero-order valence-corrected chi connectivity index (χ0v) is 13.2. The molecule has 1 aliphatic rings. The van der Waals surface area contributed by atoms with Gasteiger partial charge in [-0.3, -0.25) is 14.3 Å². The average Bonchev–Trinajstić information content (AvgIpc) is 2.90. The summed E-state index contributed by atoms with van der Waals surface area (Å²) >= 11 is 8.24. The summed E-state index contributed by atoms with van der Waals surface area (Å²) in [7, 11) is 1.62. The lowest BCUT2D eigenvalue weighted by Gasteiger charge is -2.15. The van der Waals surface area contributed by atoms with E-state index in [1.54, 1.807) is 25.2 Å². The number of thiocarbonyl (C=S) groups is 1. The van der Waals surface area contributed by atoms with Gasteiger partial charge in [0.15, 0.2) is 5.82 Å². The van der Waals surface area contributed by atoms with Crippen molar-refractivity contribution >= 4 is 50.8 Å². The minimum absolute atomic E-state index is 0.0795. The highest BCUT2D eigenvalue weighted by atomic mass is 79.9. The molecule has 1 aromatic heterocycles. The van der Waals surface area contributed by atoms with E-state index in [-0.39, 0.29) is 10.8 Å². The van der Waals surface area contributed by atoms with E-state index in [9.17, 15) is 9.59 Å². The zero-order valence-electron chi connectivity index (χ0n) is 10.8. The van der Waals surface area contributed by atoms with E-state index in [0.717, 1.165) is 9.37 Å². The maximum absolute atomic E-state index is 12.5. The second-order valence-corrected chi connectivity index (χ2v) is 5.86. The zero-order chi connectivity index (χ0) is 15.3. The number of nitrogens with two attached hydrogens (primary N) is 1. The van der Waals surface area contributed by atoms with Crippen LogP contribution in [0.1, 0.15) is 26.3 Å². The highest BCUT2D eigenvalue weighted by Crippen LogP contribution is 2.31. The largest absolute Gasteiger partial charge is 0.389 e. The third-order valence-electron chi connectivity index (χ3n) is 3.23. The number of benzene rings is 1. The fourth-order valence-electron chi connectivity index (χ4n) is 2.28. The molecule has 2 amide bonds. The standard InChI is InChI=1S/C13H9BrN4O2S/c1-17-11(9(5-16-17)10(15)21)18-12(19)7-3-2-6(14)4-8(7)13(18)20/h2-5H,1H3,(H2,15,21). The fourth-order valence-corrected chi connectivity index (χ4v) is 2.78. The molecule has 2 N–H and O–H groups in total. The predicted molar refractivity (Wildman–Crippen MR) is 84.4 cm³/mol. The fraction of sp³-hybridized carbons (Fsp3) is 0.0769. The molecule has 1 aliphatic heterocycles. The molecule has 0 saturated heterocycles. The molecule has 8 heteroatoms. The molecular weight excluding hydrogens is 356 g/mol. The number of hydrogen-bond donors (Lipinski definition) is 1. The maximum Gasteiger partial charge on any atom is 0.267 e. The highest BCUT2D eigenvalue weighted by Gasteiger charge is 2.39. The van der Waals surface area contributed by atoms with Crippen LogP contribution < -0.4 is 10.6 Å². The molecule has 0 bridgehead atoms. The minimum atomic E-state index is -0.419. The quantitative estimate of drug-likeness (QED) is 0.646. The number of halogens is 1. The van der Waals surface area contributed by atoms with Crippen LogP contribution in [0.4, 0.5) is 5.82 Å². The van der Waals surface area contributed by atoms with Gasteiger partial charge in [-0.2, -0.15) is 5.10 Å². The summed E-state index contributed by atoms with van der Waals surface area (Å²) in [6.07, 6.45) is 1.44. The third kappa shape index (κ3) is 1.98. The van der Waals surface area contributed by atoms with Gasteiger partial charge in [-0.05, 0) is 18.2 Å². The molecule has 0 saturated carbocycles. The molecule has 106 valence electrons. The van der Waals surface area contributed by atoms with Gasteiger partial charge in [0.25, 0.3) is 11.8 Å². The molecular formula is C13H9BrN4O2S. The minimum Gasteiger partial charge on any atom is -0.389 e. The van der Waals surface area contributed by atoms with Gasteiger partial charge in [-0.1, -0.05) is 28.1 Å². The number of carbonyl (C=O) groups is 2. The van der Waals surface area contributed by atoms with Crippen molar-refractivity contribution in [3.63, 3.8) is 0 Å². The summed E-state index contributed by atoms with van der Waals surface area (Å²) in [6, 6.07) is 4.94. The van der Waals surface area contributed by atoms with Crippen molar-refractivity contribution < 1.29 is 9.59 Å². The van der Waals surface area contributed by atoms with Crippen LogP contribution >= 0.6 is 28.1 Å². The molecule has 0 spiro atoms. The molecule has 3 rings (SSSR count). The molecule has 6 nitrogen and oxygen atoms in total. The van der Waals surface area contributed by atoms with Crippen LogP contribution in [0.3, 0.4) is 0 Å². The number of aromatic nitrogens is 2. The second kappa shape index (κ2) is 4.74. The summed E-state index contributed by atoms with van der Waals surface area (Å²) < 4.78 is 2.13. The number of fused-ring (bicyclic) bond motifs is 1. The van der Waals surface area contributed by atoms with E-state index in [0.29, 0.717) is 16.7 Å². The molecule has 2 heterocycles. The lowest BCUT2D eigenvalue weighted by atomic mass is 10.1. The number of aryl methyl sites for hydroxylation is 1. The third-order valence-corrected chi connectivity index (χ3v) is 3.95. The van der Waals surface area contributed by atoms with Crippen LogP contribution in [0, 0.1) is 0 Å². The Kier molecular flexibility index (Phi) is 3.14. The first-order valence-corrected chi connectivity index (χ1v) is 7.12. The lowest BCUT2D eigenvalue weighted by molar-refractivity contribution is 0.0923. The van der Waals surface area contributed by atoms with Gasteiger partial charge in [-0.25, -0.2) is 4.90 Å². The Hall–Kier alpha value is -2.06. The van der Waals surface area contributed by atoms with Crippen molar-refractivity contribution in [2.75, 3.05) is 4.90 Å². The highest BCUT2D eigenvalue weighted by molar-refractivity contribution is 9.10. The number of carbonyl (C=O) groups excluding carboxylic acids is 2. The Labute approximate surface area is 133 Å². The SMILES string of the molecule is Cn1ncc(C(N)=S)c1N1C(=O)c2ccc(Br)cc2C1=O. The number of anilines is 1. The topological polar surface area (TPSA) is 81.2 Å². The van der Waals surface area contributed by atoms with Crippen molar-refractivity contribution in [3.8, 4) is 0 Å². The van der Waals surface area contributed by atoms with E-state index in [4.69, 9.17) is 18.0 Å². The Balaban J connectivity index is 2.19. The average molecular weight is 365 g/mol. The normalized spacial score (nSPS) is 13.7. The van der Waals surface area contributed by atoms with Gasteiger partial charge in [0.05, 0.1) is 22.9 Å². The van der Waals surface area contributed by atoms with Crippen LogP contribution in [0.15, 0.2) is 28.9 Å². The molecule has 0 fully saturated rings. The monoisotopic (exact) mass is 364 g/mol. The summed E-state index contributed by atoms with van der Waals surface area (Å²) in [5.41, 5.74) is 6.71. The number of imide groups is 1. The van der Waals surface area contributed by atoms with Gasteiger partial charge in [0, 0.05) is 11.5 Å². The van der Waals surface area contributed by atoms with Crippen molar-refractivity contribution in [1.82, 2.24) is 9.78 Å². The van der Waals surface area contributed by atoms with Crippen molar-refractivity contribution in [2.24, 2.45) is 12.8 Å². The van der Waals surface area contributed by atoms with Gasteiger partial charge in [-0.15, -0.1) is 0 Å². The molecule has 0 radical (unpaired) electrons. The Morgan fingerprint density at radius 3 is 2.62 bits per heavy atom. The maximum atomic E-state index is 12.5. The van der Waals surface area contributed by atoms with Gasteiger partial charge in [0.1, 0.15) is 4.99 Å². The van der Waals surface area contributed by atoms with Crippen LogP contribution in [-0.2, 0) is 7.05 Å². The first-order chi connectivity index (χ1) is 9.91. The summed E-state index contributed by atoms with van der Waals surface area (Å²) in [5.74, 6) is -0.550. The van der Waals surface area contributed by atoms with Crippen molar-refractivity contribution in [2.45, 2.75) is 0 Å². The molecule has 0 atom stereocenters.